The Kier molecular flexibility index (Phi) is 11.2. The molecular formula is C19H36ClN3O3. The van der Waals surface area contributed by atoms with Crippen LogP contribution in [-0.4, -0.2) is 55.1 Å². The van der Waals surface area contributed by atoms with Crippen molar-refractivity contribution in [2.45, 2.75) is 76.9 Å². The number of halogens is 1. The molecule has 7 heteroatoms. The first-order chi connectivity index (χ1) is 12.1. The van der Waals surface area contributed by atoms with E-state index in [-0.39, 0.29) is 30.3 Å². The van der Waals surface area contributed by atoms with E-state index in [9.17, 15) is 9.59 Å². The third-order valence-electron chi connectivity index (χ3n) is 5.40. The summed E-state index contributed by atoms with van der Waals surface area (Å²) in [7, 11) is 0. The van der Waals surface area contributed by atoms with Crippen LogP contribution in [0, 0.1) is 5.92 Å². The molecule has 3 N–H and O–H groups in total. The number of carbonyl (C=O) groups excluding carboxylic acids is 2. The second kappa shape index (κ2) is 12.5. The van der Waals surface area contributed by atoms with Crippen molar-refractivity contribution in [2.75, 3.05) is 26.2 Å². The van der Waals surface area contributed by atoms with Crippen molar-refractivity contribution in [2.24, 2.45) is 11.7 Å². The van der Waals surface area contributed by atoms with Gasteiger partial charge < -0.3 is 20.7 Å². The molecule has 0 radical (unpaired) electrons. The van der Waals surface area contributed by atoms with E-state index < -0.39 is 6.04 Å². The van der Waals surface area contributed by atoms with Crippen molar-refractivity contribution >= 4 is 24.2 Å². The SMILES string of the molecule is CC(NC(=O)CC1CCCCC1)C(=O)N1CCC(OCCCN)CC1.Cl. The number of rotatable bonds is 8. The van der Waals surface area contributed by atoms with Gasteiger partial charge in [-0.15, -0.1) is 12.4 Å². The Morgan fingerprint density at radius 1 is 1.15 bits per heavy atom. The van der Waals surface area contributed by atoms with Crippen LogP contribution in [0.1, 0.15) is 64.7 Å². The van der Waals surface area contributed by atoms with Crippen molar-refractivity contribution in [1.29, 1.82) is 0 Å². The average molecular weight is 390 g/mol. The molecule has 1 atom stereocenters. The van der Waals surface area contributed by atoms with Crippen LogP contribution in [0.2, 0.25) is 0 Å². The Balaban J connectivity index is 0.00000338. The van der Waals surface area contributed by atoms with E-state index >= 15 is 0 Å². The third kappa shape index (κ3) is 7.80. The number of likely N-dealkylation sites (tertiary alicyclic amines) is 1. The second-order valence-electron chi connectivity index (χ2n) is 7.54. The largest absolute Gasteiger partial charge is 0.378 e. The second-order valence-corrected chi connectivity index (χ2v) is 7.54. The van der Waals surface area contributed by atoms with Crippen LogP contribution >= 0.6 is 12.4 Å². The minimum atomic E-state index is -0.439. The zero-order chi connectivity index (χ0) is 18.1. The average Bonchev–Trinajstić information content (AvgIpc) is 2.62. The number of piperidine rings is 1. The Hall–Kier alpha value is -0.850. The molecule has 1 aliphatic carbocycles. The zero-order valence-corrected chi connectivity index (χ0v) is 16.9. The van der Waals surface area contributed by atoms with Gasteiger partial charge in [0.15, 0.2) is 0 Å². The van der Waals surface area contributed by atoms with E-state index in [4.69, 9.17) is 10.5 Å². The summed E-state index contributed by atoms with van der Waals surface area (Å²) in [5.41, 5.74) is 5.47. The lowest BCUT2D eigenvalue weighted by atomic mass is 9.87. The van der Waals surface area contributed by atoms with Crippen molar-refractivity contribution in [3.8, 4) is 0 Å². The Morgan fingerprint density at radius 2 is 1.81 bits per heavy atom. The monoisotopic (exact) mass is 389 g/mol. The third-order valence-corrected chi connectivity index (χ3v) is 5.40. The van der Waals surface area contributed by atoms with Gasteiger partial charge in [0.1, 0.15) is 6.04 Å². The fraction of sp³-hybridized carbons (Fsp3) is 0.895. The molecule has 1 unspecified atom stereocenters. The van der Waals surface area contributed by atoms with Crippen molar-refractivity contribution in [3.63, 3.8) is 0 Å². The van der Waals surface area contributed by atoms with E-state index in [0.29, 0.717) is 38.6 Å². The molecule has 2 fully saturated rings. The van der Waals surface area contributed by atoms with Gasteiger partial charge in [-0.2, -0.15) is 0 Å². The van der Waals surface area contributed by atoms with Gasteiger partial charge >= 0.3 is 0 Å². The van der Waals surface area contributed by atoms with Gasteiger partial charge in [-0.05, 0) is 51.5 Å². The number of nitrogens with one attached hydrogen (secondary N) is 1. The van der Waals surface area contributed by atoms with Gasteiger partial charge in [0, 0.05) is 26.1 Å². The summed E-state index contributed by atoms with van der Waals surface area (Å²) in [5.74, 6) is 0.544. The normalized spacial score (nSPS) is 20.3. The van der Waals surface area contributed by atoms with Gasteiger partial charge in [0.25, 0.3) is 0 Å². The molecule has 26 heavy (non-hydrogen) atoms. The number of nitrogens with zero attached hydrogens (tertiary/aromatic N) is 1. The predicted octanol–water partition coefficient (Wildman–Crippen LogP) is 2.24. The van der Waals surface area contributed by atoms with Crippen molar-refractivity contribution in [3.05, 3.63) is 0 Å². The summed E-state index contributed by atoms with van der Waals surface area (Å²) >= 11 is 0. The Bertz CT molecular complexity index is 422. The summed E-state index contributed by atoms with van der Waals surface area (Å²) in [6, 6.07) is -0.439. The van der Waals surface area contributed by atoms with Crippen LogP contribution in [0.4, 0.5) is 0 Å². The lowest BCUT2D eigenvalue weighted by Gasteiger charge is -2.33. The molecule has 2 rings (SSSR count). The highest BCUT2D eigenvalue weighted by molar-refractivity contribution is 5.87. The number of hydrogen-bond acceptors (Lipinski definition) is 4. The molecule has 0 spiro atoms. The molecule has 2 aliphatic rings. The number of nitrogens with two attached hydrogens (primary N) is 1. The molecule has 152 valence electrons. The number of ether oxygens (including phenoxy) is 1. The highest BCUT2D eigenvalue weighted by atomic mass is 35.5. The first-order valence-electron chi connectivity index (χ1n) is 10.00. The molecule has 1 saturated heterocycles. The first kappa shape index (κ1) is 23.2. The minimum absolute atomic E-state index is 0. The summed E-state index contributed by atoms with van der Waals surface area (Å²) in [4.78, 5) is 26.6. The van der Waals surface area contributed by atoms with Crippen molar-refractivity contribution in [1.82, 2.24) is 10.2 Å². The van der Waals surface area contributed by atoms with Crippen LogP contribution in [0.25, 0.3) is 0 Å². The highest BCUT2D eigenvalue weighted by Crippen LogP contribution is 2.26. The summed E-state index contributed by atoms with van der Waals surface area (Å²) in [5, 5.41) is 2.90. The van der Waals surface area contributed by atoms with E-state index in [1.807, 2.05) is 4.90 Å². The summed E-state index contributed by atoms with van der Waals surface area (Å²) in [6.45, 7) is 4.55. The molecule has 0 aromatic rings. The minimum Gasteiger partial charge on any atom is -0.378 e. The quantitative estimate of drug-likeness (QED) is 0.623. The van der Waals surface area contributed by atoms with Gasteiger partial charge in [0.05, 0.1) is 6.10 Å². The van der Waals surface area contributed by atoms with E-state index in [1.54, 1.807) is 6.92 Å². The predicted molar refractivity (Wildman–Crippen MR) is 105 cm³/mol. The van der Waals surface area contributed by atoms with Crippen LogP contribution in [0.15, 0.2) is 0 Å². The van der Waals surface area contributed by atoms with Crippen LogP contribution in [0.5, 0.6) is 0 Å². The van der Waals surface area contributed by atoms with Gasteiger partial charge in [0.2, 0.25) is 11.8 Å². The lowest BCUT2D eigenvalue weighted by Crippen LogP contribution is -2.50. The Morgan fingerprint density at radius 3 is 2.42 bits per heavy atom. The molecule has 0 aromatic heterocycles. The molecule has 2 amide bonds. The number of carbonyl (C=O) groups is 2. The number of hydrogen-bond donors (Lipinski definition) is 2. The topological polar surface area (TPSA) is 84.7 Å². The van der Waals surface area contributed by atoms with Crippen LogP contribution < -0.4 is 11.1 Å². The fourth-order valence-electron chi connectivity index (χ4n) is 3.87. The van der Waals surface area contributed by atoms with E-state index in [0.717, 1.165) is 32.1 Å². The maximum Gasteiger partial charge on any atom is 0.244 e. The summed E-state index contributed by atoms with van der Waals surface area (Å²) in [6.07, 6.45) is 9.44. The molecule has 1 saturated carbocycles. The van der Waals surface area contributed by atoms with E-state index in [2.05, 4.69) is 5.32 Å². The standard InChI is InChI=1S/C19H35N3O3.ClH/c1-15(21-18(23)14-16-6-3-2-4-7-16)19(24)22-11-8-17(9-12-22)25-13-5-10-20;/h15-17H,2-14,20H2,1H3,(H,21,23);1H. The molecule has 1 aliphatic heterocycles. The molecule has 0 bridgehead atoms. The van der Waals surface area contributed by atoms with Gasteiger partial charge in [-0.3, -0.25) is 9.59 Å². The molecule has 0 aromatic carbocycles. The summed E-state index contributed by atoms with van der Waals surface area (Å²) < 4.78 is 5.77. The number of amides is 2. The maximum absolute atomic E-state index is 12.5. The van der Waals surface area contributed by atoms with Gasteiger partial charge in [-0.25, -0.2) is 0 Å². The van der Waals surface area contributed by atoms with Crippen LogP contribution in [0.3, 0.4) is 0 Å². The smallest absolute Gasteiger partial charge is 0.244 e. The van der Waals surface area contributed by atoms with Gasteiger partial charge in [-0.1, -0.05) is 19.3 Å². The highest BCUT2D eigenvalue weighted by Gasteiger charge is 2.27. The molecule has 6 nitrogen and oxygen atoms in total. The fourth-order valence-corrected chi connectivity index (χ4v) is 3.87. The Labute approximate surface area is 164 Å². The maximum atomic E-state index is 12.5. The van der Waals surface area contributed by atoms with Crippen LogP contribution in [-0.2, 0) is 14.3 Å². The molecule has 1 heterocycles. The van der Waals surface area contributed by atoms with Crippen molar-refractivity contribution < 1.29 is 14.3 Å². The zero-order valence-electron chi connectivity index (χ0n) is 16.1. The molecular weight excluding hydrogens is 354 g/mol. The lowest BCUT2D eigenvalue weighted by molar-refractivity contribution is -0.138. The first-order valence-corrected chi connectivity index (χ1v) is 10.00. The van der Waals surface area contributed by atoms with E-state index in [1.165, 1.54) is 19.3 Å².